The van der Waals surface area contributed by atoms with E-state index in [0.717, 1.165) is 0 Å². The van der Waals surface area contributed by atoms with Gasteiger partial charge < -0.3 is 48.5 Å². The summed E-state index contributed by atoms with van der Waals surface area (Å²) in [5.41, 5.74) is 15.4. The first kappa shape index (κ1) is 27.7. The van der Waals surface area contributed by atoms with Crippen molar-refractivity contribution in [3.05, 3.63) is 0 Å². The number of aliphatic hydroxyl groups is 2. The maximum Gasteiger partial charge on any atom is 0.326 e. The van der Waals surface area contributed by atoms with Gasteiger partial charge in [-0.3, -0.25) is 24.0 Å². The van der Waals surface area contributed by atoms with Gasteiger partial charge in [0.05, 0.1) is 19.1 Å². The van der Waals surface area contributed by atoms with E-state index < -0.39 is 78.8 Å². The van der Waals surface area contributed by atoms with Gasteiger partial charge in [0.25, 0.3) is 0 Å². The molecule has 0 rings (SSSR count). The summed E-state index contributed by atoms with van der Waals surface area (Å²) in [5.74, 6) is -6.48. The van der Waals surface area contributed by atoms with Crippen LogP contribution in [0, 0.1) is 0 Å². The first-order valence-electron chi connectivity index (χ1n) is 9.05. The lowest BCUT2D eigenvalue weighted by Crippen LogP contribution is -2.59. The van der Waals surface area contributed by atoms with Crippen molar-refractivity contribution in [1.29, 1.82) is 0 Å². The molecule has 31 heavy (non-hydrogen) atoms. The molecule has 0 fully saturated rings. The summed E-state index contributed by atoms with van der Waals surface area (Å²) < 4.78 is 0. The van der Waals surface area contributed by atoms with E-state index in [1.807, 2.05) is 10.6 Å². The second-order valence-electron chi connectivity index (χ2n) is 6.65. The van der Waals surface area contributed by atoms with Crippen molar-refractivity contribution < 1.29 is 44.1 Å². The summed E-state index contributed by atoms with van der Waals surface area (Å²) in [6.45, 7) is 0.251. The van der Waals surface area contributed by atoms with E-state index in [1.165, 1.54) is 6.92 Å². The van der Waals surface area contributed by atoms with E-state index in [1.54, 1.807) is 0 Å². The third-order valence-corrected chi connectivity index (χ3v) is 3.97. The van der Waals surface area contributed by atoms with Crippen molar-refractivity contribution in [2.75, 3.05) is 6.61 Å². The van der Waals surface area contributed by atoms with Gasteiger partial charge in [-0.25, -0.2) is 4.79 Å². The fourth-order valence-electron chi connectivity index (χ4n) is 2.18. The topological polar surface area (TPSA) is 277 Å². The number of nitrogens with two attached hydrogens (primary N) is 3. The zero-order chi connectivity index (χ0) is 24.3. The lowest BCUT2D eigenvalue weighted by atomic mass is 10.1. The predicted octanol–water partition coefficient (Wildman–Crippen LogP) is -5.63. The number of carboxylic acid groups (broad SMARTS) is 1. The maximum atomic E-state index is 12.4. The number of carbonyl (C=O) groups is 6. The fraction of sp³-hybridized carbons (Fsp3) is 0.625. The Morgan fingerprint density at radius 2 is 1.32 bits per heavy atom. The van der Waals surface area contributed by atoms with Gasteiger partial charge in [0.15, 0.2) is 0 Å². The molecule has 5 atom stereocenters. The highest BCUT2D eigenvalue weighted by atomic mass is 16.4. The van der Waals surface area contributed by atoms with E-state index >= 15 is 0 Å². The second kappa shape index (κ2) is 13.1. The Balaban J connectivity index is 5.26. The molecule has 0 aromatic rings. The van der Waals surface area contributed by atoms with Crippen molar-refractivity contribution in [1.82, 2.24) is 16.0 Å². The van der Waals surface area contributed by atoms with Gasteiger partial charge in [-0.1, -0.05) is 0 Å². The number of nitrogens with one attached hydrogen (secondary N) is 3. The van der Waals surface area contributed by atoms with Crippen molar-refractivity contribution in [2.24, 2.45) is 17.2 Å². The highest BCUT2D eigenvalue weighted by Crippen LogP contribution is 2.01. The molecule has 15 heteroatoms. The van der Waals surface area contributed by atoms with Crippen LogP contribution in [0.2, 0.25) is 0 Å². The number of amides is 5. The molecule has 5 unspecified atom stereocenters. The molecule has 0 aliphatic heterocycles. The van der Waals surface area contributed by atoms with Crippen LogP contribution >= 0.6 is 0 Å². The van der Waals surface area contributed by atoms with Crippen molar-refractivity contribution in [2.45, 2.75) is 56.5 Å². The number of aliphatic hydroxyl groups excluding tert-OH is 2. The van der Waals surface area contributed by atoms with E-state index in [2.05, 4.69) is 5.32 Å². The number of carboxylic acids is 1. The summed E-state index contributed by atoms with van der Waals surface area (Å²) in [6, 6.07) is -6.22. The average molecular weight is 448 g/mol. The van der Waals surface area contributed by atoms with Crippen LogP contribution in [0.3, 0.4) is 0 Å². The summed E-state index contributed by atoms with van der Waals surface area (Å²) in [6.07, 6.45) is -2.65. The van der Waals surface area contributed by atoms with Gasteiger partial charge >= 0.3 is 5.97 Å². The van der Waals surface area contributed by atoms with E-state index in [9.17, 15) is 39.0 Å². The molecule has 0 aromatic heterocycles. The molecule has 0 heterocycles. The van der Waals surface area contributed by atoms with Crippen LogP contribution in [0.1, 0.15) is 26.2 Å². The third-order valence-electron chi connectivity index (χ3n) is 3.97. The van der Waals surface area contributed by atoms with E-state index in [-0.39, 0.29) is 12.8 Å². The average Bonchev–Trinajstić information content (AvgIpc) is 2.66. The standard InChI is InChI=1S/C16H28N6O9/c1-6(24)12(19)15(29)21-8(4-11(18)26)13(27)22-9(5-23)14(28)20-7(16(30)31)2-3-10(17)25/h6-9,12,23-24H,2-5,19H2,1H3,(H2,17,25)(H2,18,26)(H,20,28)(H,21,29)(H,22,27)(H,30,31). The number of rotatable bonds is 14. The Morgan fingerprint density at radius 3 is 1.74 bits per heavy atom. The number of carbonyl (C=O) groups excluding carboxylic acids is 5. The van der Waals surface area contributed by atoms with Gasteiger partial charge in [0.1, 0.15) is 24.2 Å². The summed E-state index contributed by atoms with van der Waals surface area (Å²) >= 11 is 0. The minimum absolute atomic E-state index is 0.333. The van der Waals surface area contributed by atoms with Crippen LogP contribution in [0.25, 0.3) is 0 Å². The van der Waals surface area contributed by atoms with Gasteiger partial charge in [-0.2, -0.15) is 0 Å². The molecule has 0 aromatic carbocycles. The zero-order valence-electron chi connectivity index (χ0n) is 16.7. The molecule has 0 saturated carbocycles. The largest absolute Gasteiger partial charge is 0.480 e. The fourth-order valence-corrected chi connectivity index (χ4v) is 2.18. The zero-order valence-corrected chi connectivity index (χ0v) is 16.7. The molecule has 0 aliphatic rings. The monoisotopic (exact) mass is 448 g/mol. The summed E-state index contributed by atoms with van der Waals surface area (Å²) in [5, 5.41) is 34.0. The molecule has 0 saturated heterocycles. The number of aliphatic carboxylic acids is 1. The molecular formula is C16H28N6O9. The Kier molecular flexibility index (Phi) is 11.7. The van der Waals surface area contributed by atoms with E-state index in [4.69, 9.17) is 22.3 Å². The van der Waals surface area contributed by atoms with E-state index in [0.29, 0.717) is 0 Å². The molecule has 0 spiro atoms. The second-order valence-corrected chi connectivity index (χ2v) is 6.65. The smallest absolute Gasteiger partial charge is 0.326 e. The highest BCUT2D eigenvalue weighted by molar-refractivity contribution is 5.96. The molecule has 5 amide bonds. The number of hydrogen-bond acceptors (Lipinski definition) is 9. The van der Waals surface area contributed by atoms with Gasteiger partial charge in [0.2, 0.25) is 29.5 Å². The third kappa shape index (κ3) is 10.3. The van der Waals surface area contributed by atoms with Gasteiger partial charge in [-0.15, -0.1) is 0 Å². The minimum Gasteiger partial charge on any atom is -0.480 e. The lowest BCUT2D eigenvalue weighted by Gasteiger charge is -2.24. The van der Waals surface area contributed by atoms with Crippen molar-refractivity contribution in [3.8, 4) is 0 Å². The first-order chi connectivity index (χ1) is 14.3. The predicted molar refractivity (Wildman–Crippen MR) is 102 cm³/mol. The van der Waals surface area contributed by atoms with Crippen LogP contribution in [-0.2, 0) is 28.8 Å². The first-order valence-corrected chi connectivity index (χ1v) is 9.05. The molecular weight excluding hydrogens is 420 g/mol. The molecule has 0 radical (unpaired) electrons. The Bertz CT molecular complexity index is 699. The summed E-state index contributed by atoms with van der Waals surface area (Å²) in [7, 11) is 0. The van der Waals surface area contributed by atoms with Gasteiger partial charge in [0, 0.05) is 6.42 Å². The van der Waals surface area contributed by atoms with Crippen molar-refractivity contribution in [3.63, 3.8) is 0 Å². The molecule has 176 valence electrons. The SMILES string of the molecule is CC(O)C(N)C(=O)NC(CC(N)=O)C(=O)NC(CO)C(=O)NC(CCC(N)=O)C(=O)O. The normalized spacial score (nSPS) is 15.5. The molecule has 12 N–H and O–H groups in total. The van der Waals surface area contributed by atoms with Crippen LogP contribution in [0.4, 0.5) is 0 Å². The van der Waals surface area contributed by atoms with Gasteiger partial charge in [-0.05, 0) is 13.3 Å². The Labute approximate surface area is 176 Å². The van der Waals surface area contributed by atoms with Crippen LogP contribution in [-0.4, -0.2) is 87.7 Å². The van der Waals surface area contributed by atoms with Crippen LogP contribution in [0.5, 0.6) is 0 Å². The maximum absolute atomic E-state index is 12.4. The van der Waals surface area contributed by atoms with Crippen LogP contribution < -0.4 is 33.2 Å². The molecule has 15 nitrogen and oxygen atoms in total. The lowest BCUT2D eigenvalue weighted by molar-refractivity contribution is -0.143. The van der Waals surface area contributed by atoms with Crippen LogP contribution in [0.15, 0.2) is 0 Å². The highest BCUT2D eigenvalue weighted by Gasteiger charge is 2.31. The van der Waals surface area contributed by atoms with Crippen molar-refractivity contribution >= 4 is 35.5 Å². The summed E-state index contributed by atoms with van der Waals surface area (Å²) in [4.78, 5) is 69.8. The molecule has 0 bridgehead atoms. The Morgan fingerprint density at radius 1 is 0.839 bits per heavy atom. The number of hydrogen-bond donors (Lipinski definition) is 9. The number of primary amides is 2. The minimum atomic E-state index is -1.67. The quantitative estimate of drug-likeness (QED) is 0.121. The Hall–Kier alpha value is -3.30. The molecule has 0 aliphatic carbocycles.